The first-order valence-electron chi connectivity index (χ1n) is 9.56. The zero-order valence-electron chi connectivity index (χ0n) is 15.4. The van der Waals surface area contributed by atoms with E-state index in [9.17, 15) is 4.79 Å². The molecule has 6 heteroatoms. The van der Waals surface area contributed by atoms with Crippen molar-refractivity contribution in [1.82, 2.24) is 15.1 Å². The Morgan fingerprint density at radius 1 is 1.15 bits per heavy atom. The lowest BCUT2D eigenvalue weighted by Crippen LogP contribution is -2.53. The fraction of sp³-hybridized carbons (Fsp3) is 0.550. The number of hydrogen-bond donors (Lipinski definition) is 0. The number of aryl methyl sites for hydroxylation is 1. The van der Waals surface area contributed by atoms with Gasteiger partial charge in [0.15, 0.2) is 0 Å². The Labute approximate surface area is 159 Å². The van der Waals surface area contributed by atoms with Gasteiger partial charge in [-0.3, -0.25) is 4.79 Å². The normalized spacial score (nSPS) is 23.7. The van der Waals surface area contributed by atoms with Crippen molar-refractivity contribution in [2.24, 2.45) is 5.41 Å². The van der Waals surface area contributed by atoms with E-state index in [2.05, 4.69) is 39.1 Å². The van der Waals surface area contributed by atoms with Crippen LogP contribution in [-0.4, -0.2) is 40.6 Å². The monoisotopic (exact) mass is 370 g/mol. The summed E-state index contributed by atoms with van der Waals surface area (Å²) >= 11 is 1.71. The number of carbonyl (C=O) groups is 1. The van der Waals surface area contributed by atoms with E-state index in [-0.39, 0.29) is 5.41 Å². The molecule has 3 heterocycles. The molecule has 1 aromatic heterocycles. The predicted octanol–water partition coefficient (Wildman–Crippen LogP) is 3.51. The van der Waals surface area contributed by atoms with Crippen molar-refractivity contribution in [2.45, 2.75) is 45.6 Å². The zero-order chi connectivity index (χ0) is 18.0. The van der Waals surface area contributed by atoms with Crippen LogP contribution in [0.5, 0.6) is 0 Å². The van der Waals surface area contributed by atoms with E-state index in [1.54, 1.807) is 11.3 Å². The molecular weight excluding hydrogens is 344 g/mol. The van der Waals surface area contributed by atoms with Crippen molar-refractivity contribution < 1.29 is 4.79 Å². The molecule has 2 saturated heterocycles. The molecule has 0 N–H and O–H groups in total. The average Bonchev–Trinajstić information content (AvgIpc) is 3.15. The first-order chi connectivity index (χ1) is 12.7. The molecule has 4 rings (SSSR count). The minimum atomic E-state index is 0.193. The predicted molar refractivity (Wildman–Crippen MR) is 104 cm³/mol. The Kier molecular flexibility index (Phi) is 4.94. The van der Waals surface area contributed by atoms with Crippen LogP contribution < -0.4 is 4.90 Å². The molecule has 26 heavy (non-hydrogen) atoms. The number of anilines is 1. The molecular formula is C20H26N4OS. The minimum Gasteiger partial charge on any atom is -0.346 e. The molecule has 2 fully saturated rings. The quantitative estimate of drug-likeness (QED) is 0.826. The van der Waals surface area contributed by atoms with E-state index < -0.39 is 0 Å². The van der Waals surface area contributed by atoms with Crippen LogP contribution in [0, 0.1) is 5.41 Å². The summed E-state index contributed by atoms with van der Waals surface area (Å²) in [5, 5.41) is 10.8. The van der Waals surface area contributed by atoms with E-state index in [1.165, 1.54) is 12.0 Å². The number of piperidine rings is 2. The van der Waals surface area contributed by atoms with Gasteiger partial charge in [-0.2, -0.15) is 0 Å². The standard InChI is InChI=1S/C20H26N4OS/c1-2-17-21-22-19(26-17)23-12-6-10-20(14-23)11-9-18(25)24(15-20)13-16-7-4-3-5-8-16/h3-5,7-8H,2,6,9-15H2,1H3/t20-/m1/s1. The number of benzene rings is 1. The third-order valence-electron chi connectivity index (χ3n) is 5.65. The average molecular weight is 371 g/mol. The number of nitrogens with zero attached hydrogens (tertiary/aromatic N) is 4. The number of rotatable bonds is 4. The molecule has 5 nitrogen and oxygen atoms in total. The van der Waals surface area contributed by atoms with Crippen LogP contribution in [0.3, 0.4) is 0 Å². The number of aromatic nitrogens is 2. The van der Waals surface area contributed by atoms with E-state index in [0.717, 1.165) is 55.6 Å². The van der Waals surface area contributed by atoms with Crippen molar-refractivity contribution in [1.29, 1.82) is 0 Å². The molecule has 2 aliphatic rings. The van der Waals surface area contributed by atoms with Crippen molar-refractivity contribution in [3.8, 4) is 0 Å². The zero-order valence-corrected chi connectivity index (χ0v) is 16.2. The van der Waals surface area contributed by atoms with Gasteiger partial charge < -0.3 is 9.80 Å². The Balaban J connectivity index is 1.49. The fourth-order valence-corrected chi connectivity index (χ4v) is 5.07. The van der Waals surface area contributed by atoms with E-state index in [1.807, 2.05) is 18.2 Å². The third kappa shape index (κ3) is 3.61. The summed E-state index contributed by atoms with van der Waals surface area (Å²) in [6, 6.07) is 10.3. The van der Waals surface area contributed by atoms with Gasteiger partial charge in [-0.1, -0.05) is 48.6 Å². The summed E-state index contributed by atoms with van der Waals surface area (Å²) in [7, 11) is 0. The van der Waals surface area contributed by atoms with Crippen molar-refractivity contribution >= 4 is 22.4 Å². The third-order valence-corrected chi connectivity index (χ3v) is 6.78. The number of amides is 1. The second kappa shape index (κ2) is 7.35. The lowest BCUT2D eigenvalue weighted by atomic mass is 9.73. The van der Waals surface area contributed by atoms with Gasteiger partial charge in [-0.15, -0.1) is 10.2 Å². The minimum absolute atomic E-state index is 0.193. The van der Waals surface area contributed by atoms with Gasteiger partial charge in [0.25, 0.3) is 0 Å². The summed E-state index contributed by atoms with van der Waals surface area (Å²) in [6.45, 7) is 5.74. The summed E-state index contributed by atoms with van der Waals surface area (Å²) < 4.78 is 0. The smallest absolute Gasteiger partial charge is 0.222 e. The molecule has 2 aliphatic heterocycles. The van der Waals surface area contributed by atoms with Crippen LogP contribution in [0.25, 0.3) is 0 Å². The van der Waals surface area contributed by atoms with Crippen LogP contribution in [0.2, 0.25) is 0 Å². The molecule has 0 saturated carbocycles. The Hall–Kier alpha value is -1.95. The van der Waals surface area contributed by atoms with Crippen LogP contribution >= 0.6 is 11.3 Å². The van der Waals surface area contributed by atoms with Gasteiger partial charge in [0.1, 0.15) is 5.01 Å². The first-order valence-corrected chi connectivity index (χ1v) is 10.4. The van der Waals surface area contributed by atoms with Crippen LogP contribution in [0.15, 0.2) is 30.3 Å². The van der Waals surface area contributed by atoms with Crippen LogP contribution in [0.1, 0.15) is 43.2 Å². The van der Waals surface area contributed by atoms with E-state index >= 15 is 0 Å². The highest BCUT2D eigenvalue weighted by molar-refractivity contribution is 7.15. The summed E-state index contributed by atoms with van der Waals surface area (Å²) in [5.74, 6) is 0.292. The summed E-state index contributed by atoms with van der Waals surface area (Å²) in [6.07, 6.45) is 4.95. The number of hydrogen-bond acceptors (Lipinski definition) is 5. The van der Waals surface area contributed by atoms with Gasteiger partial charge in [0.2, 0.25) is 11.0 Å². The highest BCUT2D eigenvalue weighted by Crippen LogP contribution is 2.41. The summed E-state index contributed by atoms with van der Waals surface area (Å²) in [4.78, 5) is 17.0. The lowest BCUT2D eigenvalue weighted by molar-refractivity contribution is -0.138. The largest absolute Gasteiger partial charge is 0.346 e. The molecule has 1 aromatic carbocycles. The lowest BCUT2D eigenvalue weighted by Gasteiger charge is -2.48. The Morgan fingerprint density at radius 3 is 2.77 bits per heavy atom. The number of likely N-dealkylation sites (tertiary alicyclic amines) is 1. The fourth-order valence-electron chi connectivity index (χ4n) is 4.27. The molecule has 0 radical (unpaired) electrons. The second-order valence-electron chi connectivity index (χ2n) is 7.59. The molecule has 138 valence electrons. The van der Waals surface area contributed by atoms with Gasteiger partial charge in [0.05, 0.1) is 0 Å². The van der Waals surface area contributed by atoms with Crippen LogP contribution in [-0.2, 0) is 17.8 Å². The Bertz CT molecular complexity index is 762. The molecule has 2 aromatic rings. The SMILES string of the molecule is CCc1nnc(N2CCC[C@@]3(CCC(=O)N(Cc4ccccc4)C3)C2)s1. The molecule has 1 amide bonds. The van der Waals surface area contributed by atoms with Gasteiger partial charge in [0, 0.05) is 38.0 Å². The Morgan fingerprint density at radius 2 is 2.00 bits per heavy atom. The molecule has 1 spiro atoms. The van der Waals surface area contributed by atoms with Gasteiger partial charge >= 0.3 is 0 Å². The number of carbonyl (C=O) groups excluding carboxylic acids is 1. The maximum atomic E-state index is 12.5. The van der Waals surface area contributed by atoms with E-state index in [4.69, 9.17) is 0 Å². The molecule has 0 aliphatic carbocycles. The van der Waals surface area contributed by atoms with Crippen molar-refractivity contribution in [3.05, 3.63) is 40.9 Å². The first kappa shape index (κ1) is 17.5. The summed E-state index contributed by atoms with van der Waals surface area (Å²) in [5.41, 5.74) is 1.40. The molecule has 0 bridgehead atoms. The maximum absolute atomic E-state index is 12.5. The van der Waals surface area contributed by atoms with Crippen molar-refractivity contribution in [2.75, 3.05) is 24.5 Å². The molecule has 1 atom stereocenters. The van der Waals surface area contributed by atoms with Crippen LogP contribution in [0.4, 0.5) is 5.13 Å². The highest BCUT2D eigenvalue weighted by Gasteiger charge is 2.42. The molecule has 0 unspecified atom stereocenters. The topological polar surface area (TPSA) is 49.3 Å². The van der Waals surface area contributed by atoms with Gasteiger partial charge in [-0.25, -0.2) is 0 Å². The maximum Gasteiger partial charge on any atom is 0.222 e. The van der Waals surface area contributed by atoms with E-state index in [0.29, 0.717) is 12.3 Å². The van der Waals surface area contributed by atoms with Crippen molar-refractivity contribution in [3.63, 3.8) is 0 Å². The van der Waals surface area contributed by atoms with Gasteiger partial charge in [-0.05, 0) is 31.2 Å². The second-order valence-corrected chi connectivity index (χ2v) is 8.63. The highest BCUT2D eigenvalue weighted by atomic mass is 32.1.